The van der Waals surface area contributed by atoms with E-state index in [-0.39, 0.29) is 5.56 Å². The first-order valence-corrected chi connectivity index (χ1v) is 6.82. The second-order valence-corrected chi connectivity index (χ2v) is 5.01. The monoisotopic (exact) mass is 340 g/mol. The van der Waals surface area contributed by atoms with Gasteiger partial charge in [0.15, 0.2) is 6.61 Å². The molecule has 0 aliphatic rings. The smallest absolute Gasteiger partial charge is 0.344 e. The molecule has 0 radical (unpaired) electrons. The van der Waals surface area contributed by atoms with Gasteiger partial charge in [0.1, 0.15) is 5.56 Å². The molecule has 0 aliphatic heterocycles. The third-order valence-corrected chi connectivity index (χ3v) is 3.14. The number of benzene rings is 1. The number of rotatable bonds is 4. The number of carbonyl (C=O) groups excluding carboxylic acids is 2. The minimum atomic E-state index is -0.894. The summed E-state index contributed by atoms with van der Waals surface area (Å²) in [4.78, 5) is 37.1. The first kappa shape index (κ1) is 16.1. The van der Waals surface area contributed by atoms with Crippen LogP contribution in [0.1, 0.15) is 10.4 Å². The van der Waals surface area contributed by atoms with Gasteiger partial charge < -0.3 is 15.0 Å². The van der Waals surface area contributed by atoms with Crippen molar-refractivity contribution >= 4 is 40.8 Å². The third kappa shape index (κ3) is 4.09. The predicted octanol–water partition coefficient (Wildman–Crippen LogP) is 2.48. The summed E-state index contributed by atoms with van der Waals surface area (Å²) in [5.74, 6) is -1.50. The molecule has 8 heteroatoms. The molecular formula is C14H10Cl2N2O4. The fourth-order valence-corrected chi connectivity index (χ4v) is 1.91. The van der Waals surface area contributed by atoms with E-state index >= 15 is 0 Å². The molecule has 2 aromatic rings. The van der Waals surface area contributed by atoms with Crippen molar-refractivity contribution in [1.82, 2.24) is 4.98 Å². The number of anilines is 1. The Hall–Kier alpha value is -2.31. The lowest BCUT2D eigenvalue weighted by Crippen LogP contribution is -2.24. The Kier molecular flexibility index (Phi) is 5.19. The molecule has 0 saturated carbocycles. The number of esters is 1. The molecule has 0 saturated heterocycles. The number of aromatic amines is 1. The Morgan fingerprint density at radius 3 is 2.73 bits per heavy atom. The number of pyridine rings is 1. The van der Waals surface area contributed by atoms with Crippen LogP contribution >= 0.6 is 23.2 Å². The van der Waals surface area contributed by atoms with Gasteiger partial charge in [-0.2, -0.15) is 0 Å². The quantitative estimate of drug-likeness (QED) is 0.837. The summed E-state index contributed by atoms with van der Waals surface area (Å²) < 4.78 is 4.77. The van der Waals surface area contributed by atoms with E-state index in [0.29, 0.717) is 15.7 Å². The Bertz CT molecular complexity index is 773. The standard InChI is InChI=1S/C14H10Cl2N2O4/c15-8-3-4-10(16)11(6-8)18-12(19)7-22-14(21)9-2-1-5-17-13(9)20/h1-6H,7H2,(H,17,20)(H,18,19). The number of ether oxygens (including phenoxy) is 1. The van der Waals surface area contributed by atoms with Crippen LogP contribution in [0.15, 0.2) is 41.3 Å². The fraction of sp³-hybridized carbons (Fsp3) is 0.0714. The van der Waals surface area contributed by atoms with Crippen LogP contribution in [0.2, 0.25) is 10.0 Å². The summed E-state index contributed by atoms with van der Waals surface area (Å²) in [6.07, 6.45) is 1.38. The SMILES string of the molecule is O=C(COC(=O)c1ccc[nH]c1=O)Nc1cc(Cl)ccc1Cl. The van der Waals surface area contributed by atoms with Crippen LogP contribution in [0.5, 0.6) is 0 Å². The maximum Gasteiger partial charge on any atom is 0.344 e. The van der Waals surface area contributed by atoms with E-state index in [0.717, 1.165) is 0 Å². The molecule has 0 fully saturated rings. The van der Waals surface area contributed by atoms with E-state index in [1.807, 2.05) is 0 Å². The Labute approximate surface area is 135 Å². The molecule has 1 heterocycles. The Morgan fingerprint density at radius 2 is 2.00 bits per heavy atom. The Balaban J connectivity index is 1.96. The van der Waals surface area contributed by atoms with Gasteiger partial charge >= 0.3 is 5.97 Å². The van der Waals surface area contributed by atoms with Crippen molar-refractivity contribution in [2.24, 2.45) is 0 Å². The lowest BCUT2D eigenvalue weighted by Gasteiger charge is -2.08. The predicted molar refractivity (Wildman–Crippen MR) is 82.4 cm³/mol. The molecule has 114 valence electrons. The van der Waals surface area contributed by atoms with Crippen LogP contribution in [0.25, 0.3) is 0 Å². The van der Waals surface area contributed by atoms with E-state index < -0.39 is 24.0 Å². The molecule has 2 rings (SSSR count). The van der Waals surface area contributed by atoms with Crippen LogP contribution in [0, 0.1) is 0 Å². The van der Waals surface area contributed by atoms with Gasteiger partial charge in [-0.15, -0.1) is 0 Å². The molecule has 0 atom stereocenters. The molecule has 1 aromatic heterocycles. The molecule has 1 aromatic carbocycles. The van der Waals surface area contributed by atoms with E-state index in [1.54, 1.807) is 6.07 Å². The number of hydrogen-bond acceptors (Lipinski definition) is 4. The minimum absolute atomic E-state index is 0.184. The number of carbonyl (C=O) groups is 2. The highest BCUT2D eigenvalue weighted by Crippen LogP contribution is 2.25. The van der Waals surface area contributed by atoms with Crippen molar-refractivity contribution in [3.05, 3.63) is 62.5 Å². The third-order valence-electron chi connectivity index (χ3n) is 2.57. The second-order valence-electron chi connectivity index (χ2n) is 4.16. The lowest BCUT2D eigenvalue weighted by atomic mass is 10.3. The van der Waals surface area contributed by atoms with Crippen LogP contribution in [0.3, 0.4) is 0 Å². The van der Waals surface area contributed by atoms with Crippen molar-refractivity contribution in [1.29, 1.82) is 0 Å². The summed E-state index contributed by atoms with van der Waals surface area (Å²) >= 11 is 11.7. The summed E-state index contributed by atoms with van der Waals surface area (Å²) in [5, 5.41) is 3.14. The van der Waals surface area contributed by atoms with Crippen LogP contribution in [-0.4, -0.2) is 23.5 Å². The molecule has 0 unspecified atom stereocenters. The summed E-state index contributed by atoms with van der Waals surface area (Å²) in [7, 11) is 0. The summed E-state index contributed by atoms with van der Waals surface area (Å²) in [5.41, 5.74) is -0.477. The van der Waals surface area contributed by atoms with Crippen molar-refractivity contribution in [2.75, 3.05) is 11.9 Å². The van der Waals surface area contributed by atoms with Gasteiger partial charge in [-0.1, -0.05) is 23.2 Å². The number of halogens is 2. The van der Waals surface area contributed by atoms with Crippen LogP contribution in [0.4, 0.5) is 5.69 Å². The maximum absolute atomic E-state index is 11.7. The van der Waals surface area contributed by atoms with Crippen molar-refractivity contribution in [3.63, 3.8) is 0 Å². The van der Waals surface area contributed by atoms with Gasteiger partial charge in [-0.05, 0) is 30.3 Å². The van der Waals surface area contributed by atoms with Gasteiger partial charge in [-0.25, -0.2) is 4.79 Å². The molecule has 0 spiro atoms. The topological polar surface area (TPSA) is 88.3 Å². The van der Waals surface area contributed by atoms with Gasteiger partial charge in [0.05, 0.1) is 10.7 Å². The first-order valence-electron chi connectivity index (χ1n) is 6.07. The number of amides is 1. The van der Waals surface area contributed by atoms with Crippen molar-refractivity contribution < 1.29 is 14.3 Å². The normalized spacial score (nSPS) is 10.1. The van der Waals surface area contributed by atoms with Gasteiger partial charge in [0.2, 0.25) is 0 Å². The number of aromatic nitrogens is 1. The molecule has 2 N–H and O–H groups in total. The molecule has 1 amide bonds. The maximum atomic E-state index is 11.7. The zero-order valence-corrected chi connectivity index (χ0v) is 12.6. The minimum Gasteiger partial charge on any atom is -0.452 e. The molecule has 6 nitrogen and oxygen atoms in total. The lowest BCUT2D eigenvalue weighted by molar-refractivity contribution is -0.119. The highest BCUT2D eigenvalue weighted by Gasteiger charge is 2.14. The first-order chi connectivity index (χ1) is 10.5. The largest absolute Gasteiger partial charge is 0.452 e. The fourth-order valence-electron chi connectivity index (χ4n) is 1.57. The Morgan fingerprint density at radius 1 is 1.23 bits per heavy atom. The zero-order chi connectivity index (χ0) is 16.1. The molecule has 0 bridgehead atoms. The summed E-state index contributed by atoms with van der Waals surface area (Å²) in [6.45, 7) is -0.560. The highest BCUT2D eigenvalue weighted by molar-refractivity contribution is 6.35. The van der Waals surface area contributed by atoms with Gasteiger partial charge in [0, 0.05) is 11.2 Å². The van der Waals surface area contributed by atoms with Gasteiger partial charge in [0.25, 0.3) is 11.5 Å². The van der Waals surface area contributed by atoms with Crippen LogP contribution in [-0.2, 0) is 9.53 Å². The van der Waals surface area contributed by atoms with E-state index in [4.69, 9.17) is 27.9 Å². The number of hydrogen-bond donors (Lipinski definition) is 2. The van der Waals surface area contributed by atoms with E-state index in [2.05, 4.69) is 10.3 Å². The van der Waals surface area contributed by atoms with Crippen molar-refractivity contribution in [2.45, 2.75) is 0 Å². The average Bonchev–Trinajstić information content (AvgIpc) is 2.49. The van der Waals surface area contributed by atoms with Crippen LogP contribution < -0.4 is 10.9 Å². The second kappa shape index (κ2) is 7.11. The van der Waals surface area contributed by atoms with E-state index in [1.165, 1.54) is 30.5 Å². The molecule has 0 aliphatic carbocycles. The zero-order valence-electron chi connectivity index (χ0n) is 11.1. The summed E-state index contributed by atoms with van der Waals surface area (Å²) in [6, 6.07) is 7.33. The van der Waals surface area contributed by atoms with E-state index in [9.17, 15) is 14.4 Å². The molecular weight excluding hydrogens is 331 g/mol. The number of H-pyrrole nitrogens is 1. The number of nitrogens with one attached hydrogen (secondary N) is 2. The van der Waals surface area contributed by atoms with Crippen molar-refractivity contribution in [3.8, 4) is 0 Å². The average molecular weight is 341 g/mol. The van der Waals surface area contributed by atoms with Gasteiger partial charge in [-0.3, -0.25) is 9.59 Å². The molecule has 22 heavy (non-hydrogen) atoms. The highest BCUT2D eigenvalue weighted by atomic mass is 35.5.